The Morgan fingerprint density at radius 1 is 1.50 bits per heavy atom. The fraction of sp³-hybridized carbons (Fsp3) is 0.143. The first kappa shape index (κ1) is 11.2. The van der Waals surface area contributed by atoms with Gasteiger partial charge in [0, 0.05) is 23.8 Å². The molecular formula is C7H7Cl2NO2. The summed E-state index contributed by atoms with van der Waals surface area (Å²) in [5.41, 5.74) is 0. The van der Waals surface area contributed by atoms with Crippen LogP contribution in [0.25, 0.3) is 0 Å². The molecule has 1 aromatic rings. The Kier molecular flexibility index (Phi) is 4.62. The average molecular weight is 208 g/mol. The minimum Gasteiger partial charge on any atom is -1.00 e. The Morgan fingerprint density at radius 3 is 2.42 bits per heavy atom. The summed E-state index contributed by atoms with van der Waals surface area (Å²) in [7, 11) is 0. The van der Waals surface area contributed by atoms with Gasteiger partial charge in [-0.05, 0) is 0 Å². The van der Waals surface area contributed by atoms with E-state index in [-0.39, 0.29) is 18.4 Å². The van der Waals surface area contributed by atoms with E-state index in [9.17, 15) is 4.79 Å². The van der Waals surface area contributed by atoms with Gasteiger partial charge >= 0.3 is 5.97 Å². The zero-order valence-corrected chi connectivity index (χ0v) is 7.84. The Hall–Kier alpha value is -0.800. The van der Waals surface area contributed by atoms with Crippen LogP contribution in [0.1, 0.15) is 6.92 Å². The summed E-state index contributed by atoms with van der Waals surface area (Å²) in [6.45, 7) is 1.33. The smallest absolute Gasteiger partial charge is 0.377 e. The van der Waals surface area contributed by atoms with Gasteiger partial charge in [-0.15, -0.1) is 0 Å². The van der Waals surface area contributed by atoms with Gasteiger partial charge in [0.05, 0.1) is 5.02 Å². The van der Waals surface area contributed by atoms with Crippen LogP contribution in [-0.4, -0.2) is 5.97 Å². The van der Waals surface area contributed by atoms with Crippen LogP contribution in [0.3, 0.4) is 0 Å². The zero-order valence-electron chi connectivity index (χ0n) is 6.33. The molecule has 0 spiro atoms. The van der Waals surface area contributed by atoms with E-state index in [1.807, 2.05) is 0 Å². The van der Waals surface area contributed by atoms with Gasteiger partial charge in [0.1, 0.15) is 0 Å². The molecule has 1 aromatic heterocycles. The largest absolute Gasteiger partial charge is 1.00 e. The molecule has 0 aliphatic heterocycles. The van der Waals surface area contributed by atoms with E-state index in [2.05, 4.69) is 4.84 Å². The molecule has 0 radical (unpaired) electrons. The highest BCUT2D eigenvalue weighted by molar-refractivity contribution is 6.30. The molecule has 5 heteroatoms. The van der Waals surface area contributed by atoms with E-state index in [4.69, 9.17) is 11.6 Å². The first-order valence-electron chi connectivity index (χ1n) is 3.04. The van der Waals surface area contributed by atoms with Gasteiger partial charge in [-0.1, -0.05) is 11.6 Å². The fourth-order valence-corrected chi connectivity index (χ4v) is 0.717. The third-order valence-corrected chi connectivity index (χ3v) is 1.25. The number of nitrogens with zero attached hydrogens (tertiary/aromatic N) is 1. The van der Waals surface area contributed by atoms with Crippen LogP contribution < -0.4 is 22.0 Å². The number of hydrogen-bond donors (Lipinski definition) is 0. The van der Waals surface area contributed by atoms with Gasteiger partial charge in [-0.25, -0.2) is 4.79 Å². The van der Waals surface area contributed by atoms with Gasteiger partial charge < -0.3 is 12.4 Å². The summed E-state index contributed by atoms with van der Waals surface area (Å²) < 4.78 is 1.29. The molecule has 0 aromatic carbocycles. The van der Waals surface area contributed by atoms with Crippen molar-refractivity contribution < 1.29 is 26.8 Å². The normalized spacial score (nSPS) is 8.50. The van der Waals surface area contributed by atoms with E-state index in [0.717, 1.165) is 0 Å². The molecule has 66 valence electrons. The Bertz CT molecular complexity index is 261. The van der Waals surface area contributed by atoms with Crippen LogP contribution >= 0.6 is 11.6 Å². The van der Waals surface area contributed by atoms with E-state index in [1.165, 1.54) is 11.7 Å². The van der Waals surface area contributed by atoms with Crippen molar-refractivity contribution in [2.75, 3.05) is 0 Å². The maximum atomic E-state index is 10.4. The van der Waals surface area contributed by atoms with Crippen LogP contribution in [0.2, 0.25) is 5.02 Å². The molecule has 0 saturated heterocycles. The van der Waals surface area contributed by atoms with Crippen LogP contribution in [0.4, 0.5) is 0 Å². The standard InChI is InChI=1S/C7H7ClNO2.ClH/c1-6(10)11-9-4-2-7(8)3-5-9;/h2-5H,1H3;1H/q+1;/p-1. The van der Waals surface area contributed by atoms with Crippen molar-refractivity contribution in [3.63, 3.8) is 0 Å². The van der Waals surface area contributed by atoms with Crippen molar-refractivity contribution in [1.82, 2.24) is 0 Å². The third-order valence-electron chi connectivity index (χ3n) is 0.995. The van der Waals surface area contributed by atoms with Crippen molar-refractivity contribution in [2.45, 2.75) is 6.92 Å². The molecule has 0 fully saturated rings. The molecule has 0 aliphatic rings. The molecule has 3 nitrogen and oxygen atoms in total. The van der Waals surface area contributed by atoms with Gasteiger partial charge in [-0.2, -0.15) is 4.84 Å². The quantitative estimate of drug-likeness (QED) is 0.482. The molecule has 1 rings (SSSR count). The van der Waals surface area contributed by atoms with E-state index < -0.39 is 0 Å². The van der Waals surface area contributed by atoms with Crippen LogP contribution in [0, 0.1) is 0 Å². The number of rotatable bonds is 1. The lowest BCUT2D eigenvalue weighted by molar-refractivity contribution is -0.869. The second-order valence-electron chi connectivity index (χ2n) is 1.96. The second-order valence-corrected chi connectivity index (χ2v) is 2.40. The number of carbonyl (C=O) groups is 1. The third kappa shape index (κ3) is 3.55. The molecular weight excluding hydrogens is 201 g/mol. The summed E-state index contributed by atoms with van der Waals surface area (Å²) in [6.07, 6.45) is 3.12. The first-order valence-corrected chi connectivity index (χ1v) is 3.42. The summed E-state index contributed by atoms with van der Waals surface area (Å²) in [6, 6.07) is 3.26. The van der Waals surface area contributed by atoms with Gasteiger partial charge in [-0.3, -0.25) is 0 Å². The molecule has 0 bridgehead atoms. The van der Waals surface area contributed by atoms with Crippen molar-refractivity contribution in [2.24, 2.45) is 0 Å². The lowest BCUT2D eigenvalue weighted by atomic mass is 10.5. The lowest BCUT2D eigenvalue weighted by Gasteiger charge is -1.90. The Morgan fingerprint density at radius 2 is 2.00 bits per heavy atom. The molecule has 12 heavy (non-hydrogen) atoms. The second kappa shape index (κ2) is 4.95. The molecule has 0 atom stereocenters. The molecule has 0 N–H and O–H groups in total. The SMILES string of the molecule is CC(=O)O[n+]1ccc(Cl)cc1.[Cl-]. The summed E-state index contributed by atoms with van der Waals surface area (Å²) in [5.74, 6) is -0.364. The van der Waals surface area contributed by atoms with Gasteiger partial charge in [0.15, 0.2) is 0 Å². The minimum absolute atomic E-state index is 0. The fourth-order valence-electron chi connectivity index (χ4n) is 0.604. The maximum absolute atomic E-state index is 10.4. The number of aromatic nitrogens is 1. The summed E-state index contributed by atoms with van der Waals surface area (Å²) >= 11 is 5.59. The number of carbonyl (C=O) groups excluding carboxylic acids is 1. The predicted molar refractivity (Wildman–Crippen MR) is 38.9 cm³/mol. The van der Waals surface area contributed by atoms with Crippen LogP contribution in [0.5, 0.6) is 0 Å². The van der Waals surface area contributed by atoms with Gasteiger partial charge in [0.25, 0.3) is 0 Å². The summed E-state index contributed by atoms with van der Waals surface area (Å²) in [4.78, 5) is 15.1. The van der Waals surface area contributed by atoms with Crippen molar-refractivity contribution in [3.8, 4) is 0 Å². The van der Waals surface area contributed by atoms with Crippen molar-refractivity contribution >= 4 is 17.6 Å². The van der Waals surface area contributed by atoms with Crippen molar-refractivity contribution in [3.05, 3.63) is 29.5 Å². The first-order chi connectivity index (χ1) is 5.18. The Balaban J connectivity index is 0.00000121. The van der Waals surface area contributed by atoms with Crippen molar-refractivity contribution in [1.29, 1.82) is 0 Å². The number of halogens is 2. The highest BCUT2D eigenvalue weighted by Crippen LogP contribution is 2.01. The topological polar surface area (TPSA) is 30.2 Å². The maximum Gasteiger partial charge on any atom is 0.377 e. The number of hydrogen-bond acceptors (Lipinski definition) is 2. The van der Waals surface area contributed by atoms with Crippen LogP contribution in [0.15, 0.2) is 24.5 Å². The zero-order chi connectivity index (χ0) is 8.27. The van der Waals surface area contributed by atoms with E-state index in [0.29, 0.717) is 5.02 Å². The van der Waals surface area contributed by atoms with E-state index >= 15 is 0 Å². The predicted octanol–water partition coefficient (Wildman–Crippen LogP) is -2.39. The highest BCUT2D eigenvalue weighted by Gasteiger charge is 2.03. The van der Waals surface area contributed by atoms with Gasteiger partial charge in [0.2, 0.25) is 12.4 Å². The molecule has 1 heterocycles. The molecule has 0 aliphatic carbocycles. The molecule has 0 amide bonds. The molecule has 0 unspecified atom stereocenters. The molecule has 0 saturated carbocycles. The van der Waals surface area contributed by atoms with Crippen LogP contribution in [-0.2, 0) is 4.79 Å². The highest BCUT2D eigenvalue weighted by atomic mass is 35.5. The van der Waals surface area contributed by atoms with E-state index in [1.54, 1.807) is 24.5 Å². The lowest BCUT2D eigenvalue weighted by Crippen LogP contribution is -3.00. The average Bonchev–Trinajstić information content (AvgIpc) is 1.93. The summed E-state index contributed by atoms with van der Waals surface area (Å²) in [5, 5.41) is 0.605. The Labute approximate surface area is 81.3 Å². The monoisotopic (exact) mass is 207 g/mol. The minimum atomic E-state index is -0.364. The number of pyridine rings is 1.